The van der Waals surface area contributed by atoms with Crippen LogP contribution in [0.2, 0.25) is 0 Å². The third-order valence-corrected chi connectivity index (χ3v) is 5.18. The molecule has 4 heteroatoms. The van der Waals surface area contributed by atoms with Gasteiger partial charge in [0, 0.05) is 10.7 Å². The molecular weight excluding hydrogens is 244 g/mol. The number of aryl methyl sites for hydroxylation is 2. The van der Waals surface area contributed by atoms with Crippen molar-refractivity contribution in [1.29, 1.82) is 0 Å². The summed E-state index contributed by atoms with van der Waals surface area (Å²) in [6.45, 7) is 1.63. The first-order valence-electron chi connectivity index (χ1n) is 5.53. The van der Waals surface area contributed by atoms with Gasteiger partial charge in [0.1, 0.15) is 0 Å². The highest BCUT2D eigenvalue weighted by Crippen LogP contribution is 2.29. The number of fused-ring (bicyclic) bond motifs is 1. The highest BCUT2D eigenvalue weighted by molar-refractivity contribution is 8.13. The van der Waals surface area contributed by atoms with Crippen molar-refractivity contribution in [3.8, 4) is 0 Å². The maximum absolute atomic E-state index is 11.3. The molecule has 1 aliphatic rings. The minimum Gasteiger partial charge on any atom is -0.212 e. The van der Waals surface area contributed by atoms with Crippen LogP contribution in [0.1, 0.15) is 41.7 Å². The fourth-order valence-electron chi connectivity index (χ4n) is 2.17. The van der Waals surface area contributed by atoms with Crippen LogP contribution >= 0.6 is 10.7 Å². The number of hydrogen-bond acceptors (Lipinski definition) is 2. The zero-order chi connectivity index (χ0) is 11.8. The molecular formula is C12H15ClO2S. The number of rotatable bonds is 2. The fourth-order valence-corrected chi connectivity index (χ4v) is 2.95. The molecule has 1 unspecified atom stereocenters. The molecule has 0 aromatic heterocycles. The third-order valence-electron chi connectivity index (χ3n) is 3.26. The molecule has 0 N–H and O–H groups in total. The molecule has 0 spiro atoms. The highest BCUT2D eigenvalue weighted by Gasteiger charge is 2.21. The van der Waals surface area contributed by atoms with Gasteiger partial charge in [0.15, 0.2) is 0 Å². The Bertz CT molecular complexity index is 494. The summed E-state index contributed by atoms with van der Waals surface area (Å²) in [6.07, 6.45) is 4.59. The first kappa shape index (κ1) is 11.9. The molecule has 2 nitrogen and oxygen atoms in total. The second kappa shape index (κ2) is 4.38. The van der Waals surface area contributed by atoms with E-state index in [1.807, 2.05) is 18.2 Å². The topological polar surface area (TPSA) is 34.1 Å². The van der Waals surface area contributed by atoms with Crippen molar-refractivity contribution in [3.63, 3.8) is 0 Å². The molecule has 0 radical (unpaired) electrons. The van der Waals surface area contributed by atoms with Crippen LogP contribution in [-0.4, -0.2) is 8.42 Å². The van der Waals surface area contributed by atoms with E-state index in [9.17, 15) is 8.42 Å². The molecule has 1 atom stereocenters. The minimum absolute atomic E-state index is 0.624. The first-order chi connectivity index (χ1) is 7.48. The molecule has 16 heavy (non-hydrogen) atoms. The number of hydrogen-bond donors (Lipinski definition) is 0. The summed E-state index contributed by atoms with van der Waals surface area (Å²) < 4.78 is 22.5. The minimum atomic E-state index is -3.51. The molecule has 2 rings (SSSR count). The standard InChI is InChI=1S/C12H15ClO2S/c1-9(16(13,14)15)11-7-6-10-4-2-3-5-12(10)8-11/h6-9H,2-5H2,1H3. The van der Waals surface area contributed by atoms with Crippen LogP contribution in [0.25, 0.3) is 0 Å². The van der Waals surface area contributed by atoms with Crippen LogP contribution in [-0.2, 0) is 21.9 Å². The van der Waals surface area contributed by atoms with Crippen LogP contribution in [0.5, 0.6) is 0 Å². The van der Waals surface area contributed by atoms with Gasteiger partial charge >= 0.3 is 0 Å². The maximum atomic E-state index is 11.3. The summed E-state index contributed by atoms with van der Waals surface area (Å²) in [5, 5.41) is -0.624. The molecule has 0 heterocycles. The van der Waals surface area contributed by atoms with Crippen molar-refractivity contribution in [2.24, 2.45) is 0 Å². The van der Waals surface area contributed by atoms with Crippen molar-refractivity contribution < 1.29 is 8.42 Å². The van der Waals surface area contributed by atoms with Crippen LogP contribution in [0.15, 0.2) is 18.2 Å². The van der Waals surface area contributed by atoms with Gasteiger partial charge in [-0.2, -0.15) is 0 Å². The molecule has 1 aromatic rings. The molecule has 0 bridgehead atoms. The first-order valence-corrected chi connectivity index (χ1v) is 7.91. The largest absolute Gasteiger partial charge is 0.239 e. The predicted octanol–water partition coefficient (Wildman–Crippen LogP) is 3.20. The summed E-state index contributed by atoms with van der Waals surface area (Å²) >= 11 is 0. The molecule has 1 aliphatic carbocycles. The van der Waals surface area contributed by atoms with Crippen molar-refractivity contribution in [3.05, 3.63) is 34.9 Å². The summed E-state index contributed by atoms with van der Waals surface area (Å²) in [5.41, 5.74) is 3.45. The quantitative estimate of drug-likeness (QED) is 0.764. The van der Waals surface area contributed by atoms with E-state index in [0.717, 1.165) is 18.4 Å². The fraction of sp³-hybridized carbons (Fsp3) is 0.500. The van der Waals surface area contributed by atoms with Gasteiger partial charge in [-0.1, -0.05) is 18.2 Å². The van der Waals surface area contributed by atoms with Crippen LogP contribution < -0.4 is 0 Å². The lowest BCUT2D eigenvalue weighted by Crippen LogP contribution is -2.07. The molecule has 0 fully saturated rings. The Balaban J connectivity index is 2.37. The SMILES string of the molecule is CC(c1ccc2c(c1)CCCC2)S(=O)(=O)Cl. The van der Waals surface area contributed by atoms with E-state index < -0.39 is 14.3 Å². The van der Waals surface area contributed by atoms with E-state index in [0.29, 0.717) is 0 Å². The zero-order valence-electron chi connectivity index (χ0n) is 9.24. The Labute approximate surface area is 101 Å². The van der Waals surface area contributed by atoms with E-state index in [2.05, 4.69) is 0 Å². The lowest BCUT2D eigenvalue weighted by molar-refractivity contribution is 0.600. The number of halogens is 1. The van der Waals surface area contributed by atoms with Crippen molar-refractivity contribution >= 4 is 19.7 Å². The van der Waals surface area contributed by atoms with Gasteiger partial charge in [0.25, 0.3) is 0 Å². The van der Waals surface area contributed by atoms with E-state index in [1.54, 1.807) is 6.92 Å². The normalized spacial score (nSPS) is 17.9. The van der Waals surface area contributed by atoms with E-state index in [4.69, 9.17) is 10.7 Å². The lowest BCUT2D eigenvalue weighted by atomic mass is 9.90. The Kier molecular flexibility index (Phi) is 3.27. The molecule has 0 amide bonds. The maximum Gasteiger partial charge on any atom is 0.239 e. The predicted molar refractivity (Wildman–Crippen MR) is 66.3 cm³/mol. The Morgan fingerprint density at radius 2 is 1.81 bits per heavy atom. The average molecular weight is 259 g/mol. The molecule has 0 saturated carbocycles. The van der Waals surface area contributed by atoms with Crippen molar-refractivity contribution in [2.45, 2.75) is 37.9 Å². The van der Waals surface area contributed by atoms with Crippen molar-refractivity contribution in [1.82, 2.24) is 0 Å². The van der Waals surface area contributed by atoms with Gasteiger partial charge in [-0.3, -0.25) is 0 Å². The van der Waals surface area contributed by atoms with E-state index in [-0.39, 0.29) is 0 Å². The second-order valence-electron chi connectivity index (χ2n) is 4.35. The van der Waals surface area contributed by atoms with Gasteiger partial charge in [-0.15, -0.1) is 0 Å². The Morgan fingerprint density at radius 1 is 1.19 bits per heavy atom. The average Bonchev–Trinajstić information content (AvgIpc) is 2.26. The van der Waals surface area contributed by atoms with Crippen LogP contribution in [0, 0.1) is 0 Å². The highest BCUT2D eigenvalue weighted by atomic mass is 35.7. The van der Waals surface area contributed by atoms with Gasteiger partial charge in [-0.05, 0) is 49.3 Å². The number of benzene rings is 1. The lowest BCUT2D eigenvalue weighted by Gasteiger charge is -2.18. The molecule has 88 valence electrons. The summed E-state index contributed by atoms with van der Waals surface area (Å²) in [4.78, 5) is 0. The smallest absolute Gasteiger partial charge is 0.212 e. The Morgan fingerprint density at radius 3 is 2.44 bits per heavy atom. The van der Waals surface area contributed by atoms with Crippen LogP contribution in [0.3, 0.4) is 0 Å². The summed E-state index contributed by atoms with van der Waals surface area (Å²) in [7, 11) is 1.86. The summed E-state index contributed by atoms with van der Waals surface area (Å²) in [6, 6.07) is 5.93. The monoisotopic (exact) mass is 258 g/mol. The van der Waals surface area contributed by atoms with Crippen LogP contribution in [0.4, 0.5) is 0 Å². The van der Waals surface area contributed by atoms with Gasteiger partial charge in [0.2, 0.25) is 9.05 Å². The summed E-state index contributed by atoms with van der Waals surface area (Å²) in [5.74, 6) is 0. The van der Waals surface area contributed by atoms with Gasteiger partial charge in [0.05, 0.1) is 5.25 Å². The van der Waals surface area contributed by atoms with E-state index >= 15 is 0 Å². The van der Waals surface area contributed by atoms with Gasteiger partial charge < -0.3 is 0 Å². The molecule has 0 saturated heterocycles. The zero-order valence-corrected chi connectivity index (χ0v) is 10.8. The van der Waals surface area contributed by atoms with Gasteiger partial charge in [-0.25, -0.2) is 8.42 Å². The van der Waals surface area contributed by atoms with E-state index in [1.165, 1.54) is 24.0 Å². The second-order valence-corrected chi connectivity index (χ2v) is 7.30. The molecule has 1 aromatic carbocycles. The third kappa shape index (κ3) is 2.41. The Hall–Kier alpha value is -0.540. The van der Waals surface area contributed by atoms with Crippen molar-refractivity contribution in [2.75, 3.05) is 0 Å². The molecule has 0 aliphatic heterocycles.